The molecule has 0 saturated carbocycles. The smallest absolute Gasteiger partial charge is 0.140 e. The first-order valence-corrected chi connectivity index (χ1v) is 7.52. The van der Waals surface area contributed by atoms with E-state index in [1.165, 1.54) is 11.1 Å². The van der Waals surface area contributed by atoms with Crippen LogP contribution in [0.2, 0.25) is 5.02 Å². The third-order valence-corrected chi connectivity index (χ3v) is 3.88. The highest BCUT2D eigenvalue weighted by atomic mass is 35.5. The van der Waals surface area contributed by atoms with Gasteiger partial charge in [-0.2, -0.15) is 0 Å². The largest absolute Gasteiger partial charge is 0.328 e. The number of aromatic nitrogens is 2. The molecule has 0 aliphatic carbocycles. The molecule has 2 aliphatic rings. The maximum Gasteiger partial charge on any atom is 0.140 e. The predicted molar refractivity (Wildman–Crippen MR) is 88.1 cm³/mol. The maximum atomic E-state index is 5.94. The second-order valence-electron chi connectivity index (χ2n) is 6.43. The van der Waals surface area contributed by atoms with Crippen molar-refractivity contribution < 1.29 is 0 Å². The second kappa shape index (κ2) is 5.19. The number of pyridine rings is 1. The van der Waals surface area contributed by atoms with Crippen LogP contribution in [0.5, 0.6) is 0 Å². The zero-order valence-corrected chi connectivity index (χ0v) is 13.4. The van der Waals surface area contributed by atoms with Crippen molar-refractivity contribution in [1.82, 2.24) is 9.55 Å². The lowest BCUT2D eigenvalue weighted by molar-refractivity contribution is 0.572. The van der Waals surface area contributed by atoms with Crippen LogP contribution in [0.1, 0.15) is 32.0 Å². The van der Waals surface area contributed by atoms with Crippen LogP contribution in [0.15, 0.2) is 48.7 Å². The topological polar surface area (TPSA) is 17.8 Å². The van der Waals surface area contributed by atoms with Crippen LogP contribution < -0.4 is 0 Å². The fourth-order valence-corrected chi connectivity index (χ4v) is 2.52. The van der Waals surface area contributed by atoms with Crippen LogP contribution in [0, 0.1) is 0 Å². The first kappa shape index (κ1) is 14.2. The van der Waals surface area contributed by atoms with Crippen LogP contribution in [0.25, 0.3) is 11.4 Å². The highest BCUT2D eigenvalue weighted by Crippen LogP contribution is 2.29. The van der Waals surface area contributed by atoms with Gasteiger partial charge in [0.05, 0.1) is 0 Å². The summed E-state index contributed by atoms with van der Waals surface area (Å²) in [4.78, 5) is 4.83. The Kier molecular flexibility index (Phi) is 3.50. The normalized spacial score (nSPS) is 12.0. The lowest BCUT2D eigenvalue weighted by atomic mass is 9.92. The van der Waals surface area contributed by atoms with Gasteiger partial charge < -0.3 is 4.57 Å². The monoisotopic (exact) mass is 298 g/mol. The van der Waals surface area contributed by atoms with Gasteiger partial charge in [-0.3, -0.25) is 0 Å². The van der Waals surface area contributed by atoms with E-state index in [1.807, 2.05) is 12.1 Å². The van der Waals surface area contributed by atoms with Crippen molar-refractivity contribution in [3.63, 3.8) is 0 Å². The van der Waals surface area contributed by atoms with E-state index >= 15 is 0 Å². The average molecular weight is 299 g/mol. The van der Waals surface area contributed by atoms with Crippen LogP contribution in [0.4, 0.5) is 0 Å². The molecule has 0 bridgehead atoms. The van der Waals surface area contributed by atoms with Gasteiger partial charge in [-0.05, 0) is 35.9 Å². The average Bonchev–Trinajstić information content (AvgIpc) is 2.86. The van der Waals surface area contributed by atoms with Crippen LogP contribution in [-0.4, -0.2) is 9.55 Å². The third-order valence-electron chi connectivity index (χ3n) is 3.63. The number of benzene rings is 1. The summed E-state index contributed by atoms with van der Waals surface area (Å²) in [5.74, 6) is 1.04. The molecule has 0 amide bonds. The molecule has 0 fully saturated rings. The summed E-state index contributed by atoms with van der Waals surface area (Å²) in [6.07, 6.45) is 2.08. The van der Waals surface area contributed by atoms with E-state index in [1.54, 1.807) is 0 Å². The molecule has 0 atom stereocenters. The Balaban J connectivity index is 1.99. The summed E-state index contributed by atoms with van der Waals surface area (Å²) >= 11 is 5.94. The highest BCUT2D eigenvalue weighted by Gasteiger charge is 2.21. The van der Waals surface area contributed by atoms with Crippen molar-refractivity contribution in [2.75, 3.05) is 0 Å². The van der Waals surface area contributed by atoms with E-state index in [9.17, 15) is 0 Å². The van der Waals surface area contributed by atoms with Crippen LogP contribution in [0.3, 0.4) is 0 Å². The van der Waals surface area contributed by atoms with E-state index in [4.69, 9.17) is 16.6 Å². The third kappa shape index (κ3) is 2.96. The van der Waals surface area contributed by atoms with E-state index < -0.39 is 0 Å². The Morgan fingerprint density at radius 1 is 1.10 bits per heavy atom. The van der Waals surface area contributed by atoms with Crippen LogP contribution >= 0.6 is 11.6 Å². The highest BCUT2D eigenvalue weighted by molar-refractivity contribution is 6.30. The van der Waals surface area contributed by atoms with Crippen molar-refractivity contribution in [1.29, 1.82) is 0 Å². The summed E-state index contributed by atoms with van der Waals surface area (Å²) in [5, 5.41) is 0.767. The predicted octanol–water partition coefficient (Wildman–Crippen LogP) is 4.99. The zero-order chi connectivity index (χ0) is 15.0. The molecule has 21 heavy (non-hydrogen) atoms. The van der Waals surface area contributed by atoms with Gasteiger partial charge in [0.15, 0.2) is 0 Å². The molecule has 0 spiro atoms. The van der Waals surface area contributed by atoms with Crippen molar-refractivity contribution in [2.24, 2.45) is 0 Å². The van der Waals surface area contributed by atoms with E-state index in [0.717, 1.165) is 23.1 Å². The first-order valence-electron chi connectivity index (χ1n) is 7.14. The molecule has 0 unspecified atom stereocenters. The Hall–Kier alpha value is -1.80. The van der Waals surface area contributed by atoms with Gasteiger partial charge in [-0.25, -0.2) is 4.98 Å². The number of halogens is 1. The zero-order valence-electron chi connectivity index (χ0n) is 12.6. The maximum absolute atomic E-state index is 5.94. The molecule has 2 aliphatic heterocycles. The van der Waals surface area contributed by atoms with Crippen molar-refractivity contribution in [3.05, 3.63) is 64.9 Å². The van der Waals surface area contributed by atoms with Gasteiger partial charge in [-0.15, -0.1) is 0 Å². The molecule has 108 valence electrons. The molecule has 0 N–H and O–H groups in total. The number of fused-ring (bicyclic) bond motifs is 1. The first-order chi connectivity index (χ1) is 9.93. The van der Waals surface area contributed by atoms with Gasteiger partial charge in [-0.1, -0.05) is 44.5 Å². The lowest BCUT2D eigenvalue weighted by Crippen LogP contribution is -2.11. The summed E-state index contributed by atoms with van der Waals surface area (Å²) in [7, 11) is 0. The van der Waals surface area contributed by atoms with Gasteiger partial charge in [0.25, 0.3) is 0 Å². The molecule has 1 aromatic rings. The molecule has 0 aromatic heterocycles. The minimum Gasteiger partial charge on any atom is -0.328 e. The van der Waals surface area contributed by atoms with E-state index in [-0.39, 0.29) is 5.41 Å². The fourth-order valence-electron chi connectivity index (χ4n) is 2.39. The van der Waals surface area contributed by atoms with E-state index in [0.29, 0.717) is 0 Å². The number of nitrogens with zero attached hydrogens (tertiary/aromatic N) is 2. The van der Waals surface area contributed by atoms with Crippen LogP contribution in [-0.2, 0) is 12.0 Å². The summed E-state index contributed by atoms with van der Waals surface area (Å²) < 4.78 is 2.19. The minimum absolute atomic E-state index is 0.0666. The van der Waals surface area contributed by atoms with Gasteiger partial charge >= 0.3 is 0 Å². The summed E-state index contributed by atoms with van der Waals surface area (Å²) in [6, 6.07) is 14.4. The van der Waals surface area contributed by atoms with Gasteiger partial charge in [0.1, 0.15) is 5.82 Å². The molecular weight excluding hydrogens is 280 g/mol. The Bertz CT molecular complexity index is 720. The van der Waals surface area contributed by atoms with Gasteiger partial charge in [0, 0.05) is 34.4 Å². The molecule has 2 heterocycles. The SMILES string of the molecule is CC(C)(C)c1cc2cccn(Cc3ccc(Cl)cc3)c-2n1. The molecule has 3 rings (SSSR count). The Morgan fingerprint density at radius 3 is 2.48 bits per heavy atom. The number of hydrogen-bond acceptors (Lipinski definition) is 1. The van der Waals surface area contributed by atoms with Crippen molar-refractivity contribution in [2.45, 2.75) is 32.7 Å². The lowest BCUT2D eigenvalue weighted by Gasteiger charge is -2.14. The quantitative estimate of drug-likeness (QED) is 0.652. The molecule has 0 saturated heterocycles. The Morgan fingerprint density at radius 2 is 1.81 bits per heavy atom. The summed E-state index contributed by atoms with van der Waals surface area (Å²) in [6.45, 7) is 7.38. The van der Waals surface area contributed by atoms with Crippen molar-refractivity contribution in [3.8, 4) is 11.4 Å². The summed E-state index contributed by atoms with van der Waals surface area (Å²) in [5.41, 5.74) is 3.61. The Labute approximate surface area is 130 Å². The molecule has 3 heteroatoms. The van der Waals surface area contributed by atoms with Crippen molar-refractivity contribution >= 4 is 11.6 Å². The second-order valence-corrected chi connectivity index (χ2v) is 6.87. The molecule has 0 radical (unpaired) electrons. The standard InChI is InChI=1S/C18H19ClN2/c1-18(2,3)16-11-14-5-4-10-21(17(14)20-16)12-13-6-8-15(19)9-7-13/h4-11H,12H2,1-3H3. The fraction of sp³-hybridized carbons (Fsp3) is 0.278. The minimum atomic E-state index is 0.0666. The molecular formula is C18H19ClN2. The number of hydrogen-bond donors (Lipinski definition) is 0. The van der Waals surface area contributed by atoms with E-state index in [2.05, 4.69) is 61.9 Å². The number of rotatable bonds is 2. The molecule has 1 aromatic carbocycles. The van der Waals surface area contributed by atoms with Gasteiger partial charge in [0.2, 0.25) is 0 Å². The molecule has 2 nitrogen and oxygen atoms in total.